The number of halogens is 1. The highest BCUT2D eigenvalue weighted by atomic mass is 35.5. The van der Waals surface area contributed by atoms with E-state index in [1.807, 2.05) is 0 Å². The summed E-state index contributed by atoms with van der Waals surface area (Å²) in [6.45, 7) is 3.67. The van der Waals surface area contributed by atoms with E-state index >= 15 is 0 Å². The highest BCUT2D eigenvalue weighted by Gasteiger charge is 2.36. The maximum atomic E-state index is 12.5. The third-order valence-electron chi connectivity index (χ3n) is 4.83. The lowest BCUT2D eigenvalue weighted by molar-refractivity contribution is 0.0926. The van der Waals surface area contributed by atoms with Crippen molar-refractivity contribution in [1.82, 2.24) is 4.90 Å². The fourth-order valence-corrected chi connectivity index (χ4v) is 3.69. The first kappa shape index (κ1) is 17.1. The second-order valence-electron chi connectivity index (χ2n) is 6.50. The third-order valence-corrected chi connectivity index (χ3v) is 5.13. The summed E-state index contributed by atoms with van der Waals surface area (Å²) in [7, 11) is 0. The van der Waals surface area contributed by atoms with Gasteiger partial charge in [-0.1, -0.05) is 23.7 Å². The molecule has 6 heteroatoms. The lowest BCUT2D eigenvalue weighted by atomic mass is 10.1. The zero-order chi connectivity index (χ0) is 18.1. The summed E-state index contributed by atoms with van der Waals surface area (Å²) in [6, 6.07) is 11.8. The molecule has 2 aliphatic heterocycles. The minimum atomic E-state index is -0.329. The van der Waals surface area contributed by atoms with Crippen LogP contribution in [0, 0.1) is 0 Å². The molecule has 2 aliphatic rings. The maximum Gasteiger partial charge on any atom is 0.266 e. The minimum absolute atomic E-state index is 0.329. The smallest absolute Gasteiger partial charge is 0.266 e. The average Bonchev–Trinajstić information content (AvgIpc) is 3.24. The average molecular weight is 371 g/mol. The van der Waals surface area contributed by atoms with E-state index in [9.17, 15) is 9.59 Å². The largest absolute Gasteiger partial charge is 0.491 e. The SMILES string of the molecule is O=C1c2ccccc2C(=O)N1c1ccc(OCCN2CCCC2)c(Cl)c1. The first-order chi connectivity index (χ1) is 12.6. The molecule has 26 heavy (non-hydrogen) atoms. The fraction of sp³-hybridized carbons (Fsp3) is 0.300. The number of likely N-dealkylation sites (tertiary alicyclic amines) is 1. The molecule has 134 valence electrons. The number of hydrogen-bond acceptors (Lipinski definition) is 4. The molecule has 0 radical (unpaired) electrons. The topological polar surface area (TPSA) is 49.9 Å². The predicted octanol–water partition coefficient (Wildman–Crippen LogP) is 3.62. The van der Waals surface area contributed by atoms with E-state index < -0.39 is 0 Å². The van der Waals surface area contributed by atoms with Crippen LogP contribution in [0.2, 0.25) is 5.02 Å². The van der Waals surface area contributed by atoms with Gasteiger partial charge < -0.3 is 4.74 Å². The van der Waals surface area contributed by atoms with Gasteiger partial charge in [-0.2, -0.15) is 0 Å². The van der Waals surface area contributed by atoms with Crippen molar-refractivity contribution in [3.05, 3.63) is 58.6 Å². The Hall–Kier alpha value is -2.37. The highest BCUT2D eigenvalue weighted by Crippen LogP contribution is 2.33. The van der Waals surface area contributed by atoms with Crippen LogP contribution in [0.5, 0.6) is 5.75 Å². The van der Waals surface area contributed by atoms with E-state index in [0.29, 0.717) is 34.2 Å². The number of benzene rings is 2. The Bertz CT molecular complexity index is 827. The van der Waals surface area contributed by atoms with Crippen LogP contribution in [0.3, 0.4) is 0 Å². The number of fused-ring (bicyclic) bond motifs is 1. The minimum Gasteiger partial charge on any atom is -0.491 e. The molecule has 4 rings (SSSR count). The summed E-state index contributed by atoms with van der Waals surface area (Å²) < 4.78 is 5.77. The summed E-state index contributed by atoms with van der Waals surface area (Å²) in [5, 5.41) is 0.389. The van der Waals surface area contributed by atoms with Crippen molar-refractivity contribution < 1.29 is 14.3 Å². The number of rotatable bonds is 5. The van der Waals surface area contributed by atoms with Gasteiger partial charge in [0.2, 0.25) is 0 Å². The molecule has 1 fully saturated rings. The molecule has 0 spiro atoms. The molecule has 2 heterocycles. The molecule has 2 aromatic carbocycles. The van der Waals surface area contributed by atoms with Gasteiger partial charge in [0.25, 0.3) is 11.8 Å². The van der Waals surface area contributed by atoms with Crippen LogP contribution in [0.4, 0.5) is 5.69 Å². The summed E-state index contributed by atoms with van der Waals surface area (Å²) in [4.78, 5) is 28.6. The van der Waals surface area contributed by atoms with Crippen molar-refractivity contribution in [2.45, 2.75) is 12.8 Å². The second kappa shape index (κ2) is 7.09. The lowest BCUT2D eigenvalue weighted by Gasteiger charge is -2.17. The monoisotopic (exact) mass is 370 g/mol. The number of amides is 2. The number of ether oxygens (including phenoxy) is 1. The van der Waals surface area contributed by atoms with E-state index in [4.69, 9.17) is 16.3 Å². The Balaban J connectivity index is 1.48. The summed E-state index contributed by atoms with van der Waals surface area (Å²) >= 11 is 6.32. The Kier molecular flexibility index (Phi) is 4.66. The second-order valence-corrected chi connectivity index (χ2v) is 6.91. The first-order valence-corrected chi connectivity index (χ1v) is 9.15. The van der Waals surface area contributed by atoms with Gasteiger partial charge >= 0.3 is 0 Å². The zero-order valence-electron chi connectivity index (χ0n) is 14.3. The number of imide groups is 1. The number of hydrogen-bond donors (Lipinski definition) is 0. The molecular formula is C20H19ClN2O3. The van der Waals surface area contributed by atoms with Crippen LogP contribution in [-0.2, 0) is 0 Å². The number of carbonyl (C=O) groups is 2. The Morgan fingerprint density at radius 2 is 1.62 bits per heavy atom. The van der Waals surface area contributed by atoms with E-state index in [0.717, 1.165) is 24.5 Å². The van der Waals surface area contributed by atoms with Crippen LogP contribution in [-0.4, -0.2) is 43.0 Å². The summed E-state index contributed by atoms with van der Waals surface area (Å²) in [6.07, 6.45) is 2.49. The van der Waals surface area contributed by atoms with Crippen molar-refractivity contribution in [3.63, 3.8) is 0 Å². The zero-order valence-corrected chi connectivity index (χ0v) is 15.0. The van der Waals surface area contributed by atoms with Crippen LogP contribution >= 0.6 is 11.6 Å². The molecule has 0 aromatic heterocycles. The van der Waals surface area contributed by atoms with Gasteiger partial charge in [0.15, 0.2) is 0 Å². The van der Waals surface area contributed by atoms with Gasteiger partial charge in [-0.25, -0.2) is 4.90 Å². The van der Waals surface area contributed by atoms with Crippen LogP contribution in [0.1, 0.15) is 33.6 Å². The van der Waals surface area contributed by atoms with E-state index in [1.54, 1.807) is 42.5 Å². The quantitative estimate of drug-likeness (QED) is 0.754. The first-order valence-electron chi connectivity index (χ1n) is 8.77. The molecule has 1 saturated heterocycles. The standard InChI is InChI=1S/C20H19ClN2O3/c21-17-13-14(7-8-18(17)26-12-11-22-9-3-4-10-22)23-19(24)15-5-1-2-6-16(15)20(23)25/h1-2,5-8,13H,3-4,9-12H2. The molecule has 0 aliphatic carbocycles. The third kappa shape index (κ3) is 3.08. The van der Waals surface area contributed by atoms with Crippen molar-refractivity contribution in [1.29, 1.82) is 0 Å². The molecule has 0 N–H and O–H groups in total. The molecule has 2 amide bonds. The molecule has 0 unspecified atom stereocenters. The van der Waals surface area contributed by atoms with E-state index in [1.165, 1.54) is 12.8 Å². The van der Waals surface area contributed by atoms with Gasteiger partial charge in [0.05, 0.1) is 21.8 Å². The van der Waals surface area contributed by atoms with Crippen molar-refractivity contribution in [2.24, 2.45) is 0 Å². The van der Waals surface area contributed by atoms with E-state index in [-0.39, 0.29) is 11.8 Å². The number of carbonyl (C=O) groups excluding carboxylic acids is 2. The van der Waals surface area contributed by atoms with Gasteiger partial charge in [-0.15, -0.1) is 0 Å². The number of anilines is 1. The fourth-order valence-electron chi connectivity index (χ4n) is 3.46. The Morgan fingerprint density at radius 1 is 0.962 bits per heavy atom. The molecule has 0 bridgehead atoms. The Labute approximate surface area is 157 Å². The van der Waals surface area contributed by atoms with Crippen molar-refractivity contribution in [2.75, 3.05) is 31.1 Å². The molecular weight excluding hydrogens is 352 g/mol. The van der Waals surface area contributed by atoms with Gasteiger partial charge in [0.1, 0.15) is 12.4 Å². The lowest BCUT2D eigenvalue weighted by Crippen LogP contribution is -2.29. The summed E-state index contributed by atoms with van der Waals surface area (Å²) in [5.41, 5.74) is 1.28. The Morgan fingerprint density at radius 3 is 2.23 bits per heavy atom. The predicted molar refractivity (Wildman–Crippen MR) is 100 cm³/mol. The van der Waals surface area contributed by atoms with Gasteiger partial charge in [-0.05, 0) is 56.3 Å². The van der Waals surface area contributed by atoms with Crippen molar-refractivity contribution >= 4 is 29.1 Å². The maximum absolute atomic E-state index is 12.5. The molecule has 0 atom stereocenters. The molecule has 2 aromatic rings. The van der Waals surface area contributed by atoms with Gasteiger partial charge in [0, 0.05) is 6.54 Å². The van der Waals surface area contributed by atoms with Gasteiger partial charge in [-0.3, -0.25) is 14.5 Å². The van der Waals surface area contributed by atoms with Crippen LogP contribution in [0.25, 0.3) is 0 Å². The van der Waals surface area contributed by atoms with Crippen molar-refractivity contribution in [3.8, 4) is 5.75 Å². The van der Waals surface area contributed by atoms with Crippen LogP contribution in [0.15, 0.2) is 42.5 Å². The van der Waals surface area contributed by atoms with Crippen LogP contribution < -0.4 is 9.64 Å². The summed E-state index contributed by atoms with van der Waals surface area (Å²) in [5.74, 6) is -0.0973. The van der Waals surface area contributed by atoms with E-state index in [2.05, 4.69) is 4.90 Å². The molecule has 5 nitrogen and oxygen atoms in total. The highest BCUT2D eigenvalue weighted by molar-refractivity contribution is 6.36. The molecule has 0 saturated carbocycles. The number of nitrogens with zero attached hydrogens (tertiary/aromatic N) is 2. The normalized spacial score (nSPS) is 17.0.